The molecule has 0 unspecified atom stereocenters. The van der Waals surface area contributed by atoms with Gasteiger partial charge >= 0.3 is 0 Å². The minimum atomic E-state index is -1.12. The molecule has 0 amide bonds. The van der Waals surface area contributed by atoms with Gasteiger partial charge in [-0.15, -0.1) is 0 Å². The predicted octanol–water partition coefficient (Wildman–Crippen LogP) is 4.72. The monoisotopic (exact) mass is 278 g/mol. The van der Waals surface area contributed by atoms with Gasteiger partial charge in [0, 0.05) is 0 Å². The molecule has 0 bridgehead atoms. The van der Waals surface area contributed by atoms with Gasteiger partial charge in [0.05, 0.1) is 24.2 Å². The van der Waals surface area contributed by atoms with E-state index < -0.39 is 24.2 Å². The van der Waals surface area contributed by atoms with Crippen LogP contribution in [-0.4, -0.2) is 34.1 Å². The zero-order valence-electron chi connectivity index (χ0n) is 12.4. The van der Waals surface area contributed by atoms with Crippen LogP contribution in [-0.2, 0) is 0 Å². The Balaban J connectivity index is 5.78. The van der Waals surface area contributed by atoms with Crippen molar-refractivity contribution in [2.24, 2.45) is 0 Å². The third-order valence-corrected chi connectivity index (χ3v) is 31.3. The molecule has 0 fully saturated rings. The summed E-state index contributed by atoms with van der Waals surface area (Å²) in [5.41, 5.74) is 0. The van der Waals surface area contributed by atoms with Crippen molar-refractivity contribution >= 4 is 36.0 Å². The molecular formula is C11H30SSi3. The Bertz CT molecular complexity index is 181. The standard InChI is InChI=1S/C11H30SSi3/c1-12-11(13(2,3)4,14(5,6)7)15(8,9)10/h1-10H3. The maximum Gasteiger partial charge on any atom is 0.0560 e. The molecule has 0 N–H and O–H groups in total. The van der Waals surface area contributed by atoms with Crippen LogP contribution < -0.4 is 0 Å². The number of hydrogen-bond acceptors (Lipinski definition) is 1. The Morgan fingerprint density at radius 1 is 0.600 bits per heavy atom. The molecule has 0 saturated heterocycles. The second-order valence-electron chi connectivity index (χ2n) is 7.64. The average molecular weight is 279 g/mol. The van der Waals surface area contributed by atoms with E-state index in [0.717, 1.165) is 0 Å². The highest BCUT2D eigenvalue weighted by atomic mass is 32.2. The van der Waals surface area contributed by atoms with E-state index in [2.05, 4.69) is 76.9 Å². The minimum Gasteiger partial charge on any atom is -0.168 e. The van der Waals surface area contributed by atoms with Gasteiger partial charge in [-0.25, -0.2) is 0 Å². The van der Waals surface area contributed by atoms with Crippen molar-refractivity contribution < 1.29 is 0 Å². The zero-order chi connectivity index (χ0) is 12.7. The molecular weight excluding hydrogens is 248 g/mol. The molecule has 0 heterocycles. The van der Waals surface area contributed by atoms with Crippen LogP contribution in [0.4, 0.5) is 0 Å². The summed E-state index contributed by atoms with van der Waals surface area (Å²) in [6.07, 6.45) is 2.37. The molecule has 15 heavy (non-hydrogen) atoms. The summed E-state index contributed by atoms with van der Waals surface area (Å²) in [5.74, 6) is 0. The van der Waals surface area contributed by atoms with Crippen molar-refractivity contribution in [2.75, 3.05) is 6.26 Å². The first-order valence-corrected chi connectivity index (χ1v) is 17.6. The normalized spacial score (nSPS) is 15.6. The fraction of sp³-hybridized carbons (Fsp3) is 1.00. The second kappa shape index (κ2) is 4.35. The summed E-state index contributed by atoms with van der Waals surface area (Å²) in [4.78, 5) is 0. The van der Waals surface area contributed by atoms with Gasteiger partial charge < -0.3 is 0 Å². The lowest BCUT2D eigenvalue weighted by Gasteiger charge is -2.58. The molecule has 0 rings (SSSR count). The van der Waals surface area contributed by atoms with Crippen LogP contribution in [0.1, 0.15) is 0 Å². The third-order valence-electron chi connectivity index (χ3n) is 3.47. The minimum absolute atomic E-state index is 0.688. The number of thioether (sulfide) groups is 1. The lowest BCUT2D eigenvalue weighted by atomic mass is 11.6. The van der Waals surface area contributed by atoms with Gasteiger partial charge in [-0.1, -0.05) is 58.9 Å². The van der Waals surface area contributed by atoms with Gasteiger partial charge in [0.25, 0.3) is 0 Å². The highest BCUT2D eigenvalue weighted by Crippen LogP contribution is 2.48. The summed E-state index contributed by atoms with van der Waals surface area (Å²) in [6.45, 7) is 23.2. The first kappa shape index (κ1) is 16.0. The average Bonchev–Trinajstić information content (AvgIpc) is 1.76. The Morgan fingerprint density at radius 2 is 0.800 bits per heavy atom. The molecule has 0 aliphatic rings. The smallest absolute Gasteiger partial charge is 0.0560 e. The fourth-order valence-electron chi connectivity index (χ4n) is 4.29. The molecule has 4 heteroatoms. The van der Waals surface area contributed by atoms with Gasteiger partial charge in [0.1, 0.15) is 0 Å². The summed E-state index contributed by atoms with van der Waals surface area (Å²) in [6, 6.07) is 0. The van der Waals surface area contributed by atoms with Gasteiger partial charge in [-0.2, -0.15) is 11.8 Å². The summed E-state index contributed by atoms with van der Waals surface area (Å²) >= 11 is 2.22. The maximum atomic E-state index is 2.58. The highest BCUT2D eigenvalue weighted by molar-refractivity contribution is 8.06. The lowest BCUT2D eigenvalue weighted by molar-refractivity contribution is 1.28. The van der Waals surface area contributed by atoms with E-state index in [4.69, 9.17) is 0 Å². The molecule has 0 nitrogen and oxygen atoms in total. The van der Waals surface area contributed by atoms with Crippen LogP contribution in [0.5, 0.6) is 0 Å². The van der Waals surface area contributed by atoms with E-state index in [-0.39, 0.29) is 0 Å². The van der Waals surface area contributed by atoms with E-state index in [9.17, 15) is 0 Å². The SMILES string of the molecule is CSC([Si](C)(C)C)([Si](C)(C)C)[Si](C)(C)C. The molecule has 0 saturated carbocycles. The fourth-order valence-corrected chi connectivity index (χ4v) is 38.6. The predicted molar refractivity (Wildman–Crippen MR) is 86.3 cm³/mol. The summed E-state index contributed by atoms with van der Waals surface area (Å²) < 4.78 is 0.688. The van der Waals surface area contributed by atoms with Gasteiger partial charge in [0.2, 0.25) is 0 Å². The van der Waals surface area contributed by atoms with Crippen LogP contribution in [0.15, 0.2) is 0 Å². The van der Waals surface area contributed by atoms with Crippen molar-refractivity contribution in [2.45, 2.75) is 62.5 Å². The van der Waals surface area contributed by atoms with E-state index in [0.29, 0.717) is 3.62 Å². The van der Waals surface area contributed by atoms with Gasteiger partial charge in [0.15, 0.2) is 0 Å². The largest absolute Gasteiger partial charge is 0.168 e. The molecule has 0 aromatic carbocycles. The summed E-state index contributed by atoms with van der Waals surface area (Å²) in [7, 11) is -3.36. The van der Waals surface area contributed by atoms with Crippen LogP contribution in [0, 0.1) is 0 Å². The van der Waals surface area contributed by atoms with Crippen molar-refractivity contribution in [1.29, 1.82) is 0 Å². The Morgan fingerprint density at radius 3 is 0.800 bits per heavy atom. The van der Waals surface area contributed by atoms with E-state index in [1.807, 2.05) is 0 Å². The van der Waals surface area contributed by atoms with E-state index in [1.165, 1.54) is 0 Å². The van der Waals surface area contributed by atoms with Crippen LogP contribution in [0.3, 0.4) is 0 Å². The molecule has 0 aromatic rings. The number of hydrogen-bond donors (Lipinski definition) is 0. The van der Waals surface area contributed by atoms with E-state index >= 15 is 0 Å². The van der Waals surface area contributed by atoms with Gasteiger partial charge in [-0.3, -0.25) is 0 Å². The lowest BCUT2D eigenvalue weighted by Crippen LogP contribution is -2.75. The molecule has 0 spiro atoms. The van der Waals surface area contributed by atoms with Crippen LogP contribution in [0.2, 0.25) is 58.9 Å². The van der Waals surface area contributed by atoms with Crippen molar-refractivity contribution in [3.05, 3.63) is 0 Å². The van der Waals surface area contributed by atoms with Crippen molar-refractivity contribution in [1.82, 2.24) is 0 Å². The van der Waals surface area contributed by atoms with Crippen LogP contribution in [0.25, 0.3) is 0 Å². The van der Waals surface area contributed by atoms with Crippen LogP contribution >= 0.6 is 11.8 Å². The zero-order valence-corrected chi connectivity index (χ0v) is 16.2. The first-order valence-electron chi connectivity index (χ1n) is 5.86. The van der Waals surface area contributed by atoms with Gasteiger partial charge in [-0.05, 0) is 9.87 Å². The van der Waals surface area contributed by atoms with Crippen molar-refractivity contribution in [3.63, 3.8) is 0 Å². The molecule has 0 radical (unpaired) electrons. The maximum absolute atomic E-state index is 2.58. The second-order valence-corrected chi connectivity index (χ2v) is 27.0. The summed E-state index contributed by atoms with van der Waals surface area (Å²) in [5, 5.41) is 0. The molecule has 0 aromatic heterocycles. The molecule has 92 valence electrons. The Labute approximate surface area is 105 Å². The topological polar surface area (TPSA) is 0 Å². The molecule has 0 aliphatic heterocycles. The third kappa shape index (κ3) is 2.64. The molecule has 0 aliphatic carbocycles. The number of rotatable bonds is 4. The molecule has 0 atom stereocenters. The Hall–Kier alpha value is 1.00. The first-order chi connectivity index (χ1) is 6.31. The Kier molecular flexibility index (Phi) is 4.64. The van der Waals surface area contributed by atoms with E-state index in [1.54, 1.807) is 0 Å². The quantitative estimate of drug-likeness (QED) is 0.671. The highest BCUT2D eigenvalue weighted by Gasteiger charge is 2.59. The van der Waals surface area contributed by atoms with Crippen molar-refractivity contribution in [3.8, 4) is 0 Å².